The Morgan fingerprint density at radius 2 is 1.90 bits per heavy atom. The molecule has 3 aromatic rings. The second-order valence-electron chi connectivity index (χ2n) is 7.47. The minimum absolute atomic E-state index is 0.125. The van der Waals surface area contributed by atoms with Crippen molar-refractivity contribution < 1.29 is 9.90 Å². The van der Waals surface area contributed by atoms with Crippen LogP contribution in [0.2, 0.25) is 0 Å². The Labute approximate surface area is 188 Å². The number of carbonyl (C=O) groups excluding carboxylic acids is 1. The first-order valence-electron chi connectivity index (χ1n) is 9.86. The van der Waals surface area contributed by atoms with E-state index in [-0.39, 0.29) is 11.7 Å². The van der Waals surface area contributed by atoms with E-state index in [1.807, 2.05) is 41.5 Å². The number of aromatic hydroxyl groups is 1. The number of amides is 1. The molecule has 4 rings (SSSR count). The van der Waals surface area contributed by atoms with Crippen molar-refractivity contribution in [2.75, 3.05) is 18.8 Å². The molecule has 1 aliphatic rings. The van der Waals surface area contributed by atoms with E-state index in [9.17, 15) is 9.90 Å². The molecule has 1 amide bonds. The van der Waals surface area contributed by atoms with Crippen molar-refractivity contribution >= 4 is 33.6 Å². The van der Waals surface area contributed by atoms with Crippen LogP contribution in [-0.2, 0) is 4.79 Å². The average Bonchev–Trinajstić information content (AvgIpc) is 3.38. The van der Waals surface area contributed by atoms with Crippen molar-refractivity contribution in [2.45, 2.75) is 31.8 Å². The molecule has 30 heavy (non-hydrogen) atoms. The second kappa shape index (κ2) is 8.81. The van der Waals surface area contributed by atoms with E-state index >= 15 is 0 Å². The third-order valence-corrected chi connectivity index (χ3v) is 6.62. The largest absolute Gasteiger partial charge is 0.507 e. The molecule has 0 unspecified atom stereocenters. The van der Waals surface area contributed by atoms with Gasteiger partial charge in [0.1, 0.15) is 5.75 Å². The van der Waals surface area contributed by atoms with Crippen LogP contribution in [-0.4, -0.2) is 49.5 Å². The van der Waals surface area contributed by atoms with Crippen LogP contribution in [0.15, 0.2) is 46.0 Å². The standard InChI is InChI=1S/C22H23BrN4O2S/c1-14-5-7-18(15(2)11-14)27-21(17-12-16(23)6-8-19(17)28)24-25-22(27)30-13-20(29)26-9-3-4-10-26/h5-8,11-12,28H,3-4,9-10,13H2,1-2H3. The highest BCUT2D eigenvalue weighted by Gasteiger charge is 2.23. The van der Waals surface area contributed by atoms with Crippen molar-refractivity contribution in [2.24, 2.45) is 0 Å². The molecule has 1 fully saturated rings. The average molecular weight is 487 g/mol. The van der Waals surface area contributed by atoms with Crippen molar-refractivity contribution in [1.29, 1.82) is 0 Å². The number of thioether (sulfide) groups is 1. The fourth-order valence-electron chi connectivity index (χ4n) is 3.68. The summed E-state index contributed by atoms with van der Waals surface area (Å²) in [7, 11) is 0. The molecule has 0 spiro atoms. The molecule has 2 aromatic carbocycles. The van der Waals surface area contributed by atoms with Gasteiger partial charge in [-0.3, -0.25) is 9.36 Å². The summed E-state index contributed by atoms with van der Waals surface area (Å²) in [5, 5.41) is 19.9. The molecular formula is C22H23BrN4O2S. The first-order chi connectivity index (χ1) is 14.4. The quantitative estimate of drug-likeness (QED) is 0.527. The molecule has 6 nitrogen and oxygen atoms in total. The summed E-state index contributed by atoms with van der Waals surface area (Å²) < 4.78 is 2.77. The zero-order chi connectivity index (χ0) is 21.3. The molecule has 2 heterocycles. The fraction of sp³-hybridized carbons (Fsp3) is 0.318. The van der Waals surface area contributed by atoms with E-state index in [0.717, 1.165) is 47.2 Å². The number of aromatic nitrogens is 3. The van der Waals surface area contributed by atoms with Crippen LogP contribution in [0, 0.1) is 13.8 Å². The predicted molar refractivity (Wildman–Crippen MR) is 122 cm³/mol. The first kappa shape index (κ1) is 20.9. The number of hydrogen-bond donors (Lipinski definition) is 1. The highest BCUT2D eigenvalue weighted by Crippen LogP contribution is 2.35. The van der Waals surface area contributed by atoms with Gasteiger partial charge in [-0.15, -0.1) is 10.2 Å². The lowest BCUT2D eigenvalue weighted by molar-refractivity contribution is -0.127. The number of rotatable bonds is 5. The summed E-state index contributed by atoms with van der Waals surface area (Å²) >= 11 is 4.85. The Bertz CT molecular complexity index is 1090. The zero-order valence-electron chi connectivity index (χ0n) is 16.9. The van der Waals surface area contributed by atoms with Gasteiger partial charge < -0.3 is 10.0 Å². The Kier molecular flexibility index (Phi) is 6.15. The van der Waals surface area contributed by atoms with Gasteiger partial charge in [0.25, 0.3) is 0 Å². The lowest BCUT2D eigenvalue weighted by Crippen LogP contribution is -2.29. The number of aryl methyl sites for hydroxylation is 2. The molecule has 0 atom stereocenters. The van der Waals surface area contributed by atoms with Crippen LogP contribution in [0.3, 0.4) is 0 Å². The van der Waals surface area contributed by atoms with Crippen LogP contribution >= 0.6 is 27.7 Å². The third kappa shape index (κ3) is 4.25. The highest BCUT2D eigenvalue weighted by atomic mass is 79.9. The van der Waals surface area contributed by atoms with Gasteiger partial charge in [0.2, 0.25) is 5.91 Å². The smallest absolute Gasteiger partial charge is 0.233 e. The second-order valence-corrected chi connectivity index (χ2v) is 9.33. The van der Waals surface area contributed by atoms with Crippen LogP contribution in [0.4, 0.5) is 0 Å². The lowest BCUT2D eigenvalue weighted by atomic mass is 10.1. The minimum Gasteiger partial charge on any atom is -0.507 e. The summed E-state index contributed by atoms with van der Waals surface area (Å²) in [6, 6.07) is 11.4. The fourth-order valence-corrected chi connectivity index (χ4v) is 4.89. The maximum absolute atomic E-state index is 12.6. The summed E-state index contributed by atoms with van der Waals surface area (Å²) in [4.78, 5) is 14.5. The van der Waals surface area contributed by atoms with E-state index in [4.69, 9.17) is 0 Å². The lowest BCUT2D eigenvalue weighted by Gasteiger charge is -2.16. The molecular weight excluding hydrogens is 464 g/mol. The molecule has 0 aliphatic carbocycles. The maximum atomic E-state index is 12.6. The van der Waals surface area contributed by atoms with Gasteiger partial charge in [0.05, 0.1) is 17.0 Å². The molecule has 1 saturated heterocycles. The number of likely N-dealkylation sites (tertiary alicyclic amines) is 1. The molecule has 1 N–H and O–H groups in total. The van der Waals surface area contributed by atoms with Crippen LogP contribution in [0.5, 0.6) is 5.75 Å². The van der Waals surface area contributed by atoms with Gasteiger partial charge in [-0.05, 0) is 56.5 Å². The van der Waals surface area contributed by atoms with E-state index in [2.05, 4.69) is 32.2 Å². The summed E-state index contributed by atoms with van der Waals surface area (Å²) in [5.41, 5.74) is 3.73. The van der Waals surface area contributed by atoms with Crippen molar-refractivity contribution in [3.63, 3.8) is 0 Å². The summed E-state index contributed by atoms with van der Waals surface area (Å²) in [6.45, 7) is 5.76. The predicted octanol–water partition coefficient (Wildman–Crippen LogP) is 4.73. The topological polar surface area (TPSA) is 71.2 Å². The van der Waals surface area contributed by atoms with Crippen molar-refractivity contribution in [1.82, 2.24) is 19.7 Å². The van der Waals surface area contributed by atoms with Gasteiger partial charge in [-0.1, -0.05) is 45.4 Å². The molecule has 1 aliphatic heterocycles. The van der Waals surface area contributed by atoms with Crippen molar-refractivity contribution in [3.05, 3.63) is 52.0 Å². The third-order valence-electron chi connectivity index (χ3n) is 5.21. The monoisotopic (exact) mass is 486 g/mol. The SMILES string of the molecule is Cc1ccc(-n2c(SCC(=O)N3CCCC3)nnc2-c2cc(Br)ccc2O)c(C)c1. The van der Waals surface area contributed by atoms with E-state index in [1.54, 1.807) is 12.1 Å². The van der Waals surface area contributed by atoms with Gasteiger partial charge in [0.15, 0.2) is 11.0 Å². The van der Waals surface area contributed by atoms with Crippen LogP contribution < -0.4 is 0 Å². The Morgan fingerprint density at radius 1 is 1.13 bits per heavy atom. The Balaban J connectivity index is 1.75. The van der Waals surface area contributed by atoms with Gasteiger partial charge in [-0.25, -0.2) is 0 Å². The molecule has 0 bridgehead atoms. The number of nitrogens with zero attached hydrogens (tertiary/aromatic N) is 4. The van der Waals surface area contributed by atoms with E-state index < -0.39 is 0 Å². The number of benzene rings is 2. The minimum atomic E-state index is 0.125. The molecule has 156 valence electrons. The van der Waals surface area contributed by atoms with Gasteiger partial charge in [-0.2, -0.15) is 0 Å². The number of phenols is 1. The summed E-state index contributed by atoms with van der Waals surface area (Å²) in [5.74, 6) is 1.10. The van der Waals surface area contributed by atoms with Crippen molar-refractivity contribution in [3.8, 4) is 22.8 Å². The van der Waals surface area contributed by atoms with Gasteiger partial charge in [0, 0.05) is 17.6 Å². The van der Waals surface area contributed by atoms with Crippen LogP contribution in [0.1, 0.15) is 24.0 Å². The zero-order valence-corrected chi connectivity index (χ0v) is 19.3. The van der Waals surface area contributed by atoms with E-state index in [0.29, 0.717) is 22.3 Å². The van der Waals surface area contributed by atoms with Crippen LogP contribution in [0.25, 0.3) is 17.1 Å². The first-order valence-corrected chi connectivity index (χ1v) is 11.6. The molecule has 0 radical (unpaired) electrons. The number of phenolic OH excluding ortho intramolecular Hbond substituents is 1. The summed E-state index contributed by atoms with van der Waals surface area (Å²) in [6.07, 6.45) is 2.14. The number of halogens is 1. The van der Waals surface area contributed by atoms with E-state index in [1.165, 1.54) is 11.8 Å². The Morgan fingerprint density at radius 3 is 2.63 bits per heavy atom. The highest BCUT2D eigenvalue weighted by molar-refractivity contribution is 9.10. The number of hydrogen-bond acceptors (Lipinski definition) is 5. The molecule has 0 saturated carbocycles. The maximum Gasteiger partial charge on any atom is 0.233 e. The van der Waals surface area contributed by atoms with Gasteiger partial charge >= 0.3 is 0 Å². The molecule has 8 heteroatoms. The number of carbonyl (C=O) groups is 1. The normalized spacial score (nSPS) is 13.8. The molecule has 1 aromatic heterocycles. The Hall–Kier alpha value is -2.32.